The van der Waals surface area contributed by atoms with Crippen LogP contribution in [-0.4, -0.2) is 43.0 Å². The summed E-state index contributed by atoms with van der Waals surface area (Å²) in [5, 5.41) is 6.27. The van der Waals surface area contributed by atoms with Gasteiger partial charge in [0.05, 0.1) is 6.04 Å². The summed E-state index contributed by atoms with van der Waals surface area (Å²) in [6.45, 7) is 5.99. The van der Waals surface area contributed by atoms with Crippen molar-refractivity contribution in [2.24, 2.45) is 0 Å². The van der Waals surface area contributed by atoms with E-state index >= 15 is 0 Å². The van der Waals surface area contributed by atoms with E-state index in [1.54, 1.807) is 0 Å². The molecule has 1 aromatic rings. The third kappa shape index (κ3) is 4.05. The maximum Gasteiger partial charge on any atom is 0.241 e. The average Bonchev–Trinajstić information content (AvgIpc) is 2.84. The summed E-state index contributed by atoms with van der Waals surface area (Å²) in [4.78, 5) is 14.5. The maximum atomic E-state index is 12.1. The quantitative estimate of drug-likeness (QED) is 0.864. The predicted octanol–water partition coefficient (Wildman–Crippen LogP) is 2.01. The van der Waals surface area contributed by atoms with Gasteiger partial charge in [-0.1, -0.05) is 17.7 Å². The van der Waals surface area contributed by atoms with Gasteiger partial charge >= 0.3 is 0 Å². The molecule has 20 heavy (non-hydrogen) atoms. The SMILES string of the molecule is Cc1ccc(NC(=O)C(C)NCC2CCCN2C)cc1. The minimum absolute atomic E-state index is 0.0227. The van der Waals surface area contributed by atoms with Crippen LogP contribution in [0, 0.1) is 6.92 Å². The number of carbonyl (C=O) groups excluding carboxylic acids is 1. The van der Waals surface area contributed by atoms with E-state index in [0.29, 0.717) is 6.04 Å². The van der Waals surface area contributed by atoms with Crippen molar-refractivity contribution in [3.63, 3.8) is 0 Å². The van der Waals surface area contributed by atoms with Crippen LogP contribution in [0.3, 0.4) is 0 Å². The van der Waals surface area contributed by atoms with Crippen molar-refractivity contribution < 1.29 is 4.79 Å². The van der Waals surface area contributed by atoms with Crippen molar-refractivity contribution in [2.75, 3.05) is 25.5 Å². The molecule has 1 aromatic carbocycles. The highest BCUT2D eigenvalue weighted by molar-refractivity contribution is 5.94. The van der Waals surface area contributed by atoms with Gasteiger partial charge in [-0.2, -0.15) is 0 Å². The van der Waals surface area contributed by atoms with Crippen LogP contribution in [0.25, 0.3) is 0 Å². The third-order valence-electron chi connectivity index (χ3n) is 4.04. The Labute approximate surface area is 121 Å². The standard InChI is InChI=1S/C16H25N3O/c1-12-6-8-14(9-7-12)18-16(20)13(2)17-11-15-5-4-10-19(15)3/h6-9,13,15,17H,4-5,10-11H2,1-3H3,(H,18,20). The first kappa shape index (κ1) is 15.0. The fourth-order valence-corrected chi connectivity index (χ4v) is 2.53. The normalized spacial score (nSPS) is 20.9. The lowest BCUT2D eigenvalue weighted by molar-refractivity contribution is -0.117. The first-order valence-corrected chi connectivity index (χ1v) is 7.37. The van der Waals surface area contributed by atoms with Crippen LogP contribution in [0.4, 0.5) is 5.69 Å². The molecule has 2 rings (SSSR count). The Morgan fingerprint density at radius 3 is 2.70 bits per heavy atom. The molecule has 1 fully saturated rings. The van der Waals surface area contributed by atoms with Gasteiger partial charge < -0.3 is 15.5 Å². The highest BCUT2D eigenvalue weighted by atomic mass is 16.2. The highest BCUT2D eigenvalue weighted by Gasteiger charge is 2.22. The molecule has 0 radical (unpaired) electrons. The lowest BCUT2D eigenvalue weighted by atomic mass is 10.2. The molecule has 2 N–H and O–H groups in total. The number of anilines is 1. The third-order valence-corrected chi connectivity index (χ3v) is 4.04. The number of carbonyl (C=O) groups is 1. The molecule has 2 unspecified atom stereocenters. The molecule has 1 amide bonds. The Morgan fingerprint density at radius 1 is 1.40 bits per heavy atom. The zero-order valence-corrected chi connectivity index (χ0v) is 12.6. The van der Waals surface area contributed by atoms with Gasteiger partial charge in [0.2, 0.25) is 5.91 Å². The van der Waals surface area contributed by atoms with Crippen LogP contribution in [-0.2, 0) is 4.79 Å². The van der Waals surface area contributed by atoms with E-state index in [-0.39, 0.29) is 11.9 Å². The molecule has 4 heteroatoms. The number of hydrogen-bond acceptors (Lipinski definition) is 3. The molecule has 0 saturated carbocycles. The molecule has 110 valence electrons. The van der Waals surface area contributed by atoms with Gasteiger partial charge in [0.15, 0.2) is 0 Å². The van der Waals surface area contributed by atoms with Gasteiger partial charge in [0, 0.05) is 18.3 Å². The first-order valence-electron chi connectivity index (χ1n) is 7.37. The minimum atomic E-state index is -0.176. The van der Waals surface area contributed by atoms with Crippen LogP contribution >= 0.6 is 0 Å². The summed E-state index contributed by atoms with van der Waals surface area (Å²) in [5.74, 6) is 0.0227. The molecule has 2 atom stereocenters. The second-order valence-electron chi connectivity index (χ2n) is 5.76. The first-order chi connectivity index (χ1) is 9.56. The topological polar surface area (TPSA) is 44.4 Å². The largest absolute Gasteiger partial charge is 0.325 e. The summed E-state index contributed by atoms with van der Waals surface area (Å²) in [5.41, 5.74) is 2.05. The molecule has 4 nitrogen and oxygen atoms in total. The second-order valence-corrected chi connectivity index (χ2v) is 5.76. The summed E-state index contributed by atoms with van der Waals surface area (Å²) in [6.07, 6.45) is 2.47. The maximum absolute atomic E-state index is 12.1. The number of likely N-dealkylation sites (N-methyl/N-ethyl adjacent to an activating group) is 1. The van der Waals surface area contributed by atoms with Crippen molar-refractivity contribution >= 4 is 11.6 Å². The monoisotopic (exact) mass is 275 g/mol. The van der Waals surface area contributed by atoms with Crippen LogP contribution in [0.1, 0.15) is 25.3 Å². The zero-order chi connectivity index (χ0) is 14.5. The van der Waals surface area contributed by atoms with Gasteiger partial charge in [-0.15, -0.1) is 0 Å². The van der Waals surface area contributed by atoms with E-state index in [9.17, 15) is 4.79 Å². The van der Waals surface area contributed by atoms with Gasteiger partial charge in [0.25, 0.3) is 0 Å². The summed E-state index contributed by atoms with van der Waals surface area (Å²) < 4.78 is 0. The molecule has 0 spiro atoms. The molecule has 0 bridgehead atoms. The predicted molar refractivity (Wildman–Crippen MR) is 82.9 cm³/mol. The summed E-state index contributed by atoms with van der Waals surface area (Å²) >= 11 is 0. The minimum Gasteiger partial charge on any atom is -0.325 e. The lowest BCUT2D eigenvalue weighted by Gasteiger charge is -2.22. The van der Waals surface area contributed by atoms with Crippen molar-refractivity contribution in [1.82, 2.24) is 10.2 Å². The van der Waals surface area contributed by atoms with Crippen molar-refractivity contribution in [3.05, 3.63) is 29.8 Å². The number of rotatable bonds is 5. The Morgan fingerprint density at radius 2 is 2.10 bits per heavy atom. The summed E-state index contributed by atoms with van der Waals surface area (Å²) in [6, 6.07) is 8.26. The van der Waals surface area contributed by atoms with E-state index in [0.717, 1.165) is 18.8 Å². The number of hydrogen-bond donors (Lipinski definition) is 2. The zero-order valence-electron chi connectivity index (χ0n) is 12.6. The number of aryl methyl sites for hydroxylation is 1. The molecule has 1 aliphatic rings. The summed E-state index contributed by atoms with van der Waals surface area (Å²) in [7, 11) is 2.15. The van der Waals surface area contributed by atoms with E-state index in [4.69, 9.17) is 0 Å². The fourth-order valence-electron chi connectivity index (χ4n) is 2.53. The second kappa shape index (κ2) is 6.86. The van der Waals surface area contributed by atoms with Crippen LogP contribution < -0.4 is 10.6 Å². The Hall–Kier alpha value is -1.39. The number of likely N-dealkylation sites (tertiary alicyclic amines) is 1. The Balaban J connectivity index is 1.78. The number of amides is 1. The van der Waals surface area contributed by atoms with E-state index in [1.807, 2.05) is 38.1 Å². The van der Waals surface area contributed by atoms with Gasteiger partial charge in [-0.25, -0.2) is 0 Å². The Bertz CT molecular complexity index is 444. The van der Waals surface area contributed by atoms with E-state index in [1.165, 1.54) is 18.4 Å². The van der Waals surface area contributed by atoms with Gasteiger partial charge in [-0.05, 0) is 52.4 Å². The number of nitrogens with one attached hydrogen (secondary N) is 2. The van der Waals surface area contributed by atoms with Gasteiger partial charge in [0.1, 0.15) is 0 Å². The molecular weight excluding hydrogens is 250 g/mol. The number of nitrogens with zero attached hydrogens (tertiary/aromatic N) is 1. The van der Waals surface area contributed by atoms with E-state index < -0.39 is 0 Å². The average molecular weight is 275 g/mol. The molecular formula is C16H25N3O. The van der Waals surface area contributed by atoms with Crippen LogP contribution in [0.2, 0.25) is 0 Å². The van der Waals surface area contributed by atoms with Gasteiger partial charge in [-0.3, -0.25) is 4.79 Å². The molecule has 0 aromatic heterocycles. The Kier molecular flexibility index (Phi) is 5.15. The molecule has 1 aliphatic heterocycles. The number of benzene rings is 1. The lowest BCUT2D eigenvalue weighted by Crippen LogP contribution is -2.44. The van der Waals surface area contributed by atoms with Crippen molar-refractivity contribution in [1.29, 1.82) is 0 Å². The van der Waals surface area contributed by atoms with Crippen LogP contribution in [0.15, 0.2) is 24.3 Å². The van der Waals surface area contributed by atoms with Crippen molar-refractivity contribution in [3.8, 4) is 0 Å². The van der Waals surface area contributed by atoms with E-state index in [2.05, 4.69) is 22.6 Å². The van der Waals surface area contributed by atoms with Crippen LogP contribution in [0.5, 0.6) is 0 Å². The fraction of sp³-hybridized carbons (Fsp3) is 0.562. The smallest absolute Gasteiger partial charge is 0.241 e. The molecule has 1 heterocycles. The van der Waals surface area contributed by atoms with Crippen molar-refractivity contribution in [2.45, 2.75) is 38.8 Å². The molecule has 0 aliphatic carbocycles. The molecule has 1 saturated heterocycles. The highest BCUT2D eigenvalue weighted by Crippen LogP contribution is 2.14.